The van der Waals surface area contributed by atoms with Gasteiger partial charge in [-0.05, 0) is 54.3 Å². The van der Waals surface area contributed by atoms with Gasteiger partial charge >= 0.3 is 0 Å². The molecule has 1 aromatic heterocycles. The van der Waals surface area contributed by atoms with Crippen LogP contribution >= 0.6 is 11.8 Å². The normalized spacial score (nSPS) is 15.6. The number of hydrogen-bond acceptors (Lipinski definition) is 6. The standard InChI is InChI=1S/C20H19N5O3S/c1-24-12-21-23-20(24)29-18-10-9-14(11-17(18)25(27)28)19(26)22-16-8-4-6-13-5-2-3-7-15(13)16/h2-3,5,7,9-12,16H,4,6,8H2,1H3,(H,22,26)/t16-/m0/s1. The van der Waals surface area contributed by atoms with Gasteiger partial charge in [-0.2, -0.15) is 0 Å². The molecule has 29 heavy (non-hydrogen) atoms. The largest absolute Gasteiger partial charge is 0.345 e. The first-order valence-electron chi connectivity index (χ1n) is 9.22. The fourth-order valence-corrected chi connectivity index (χ4v) is 4.35. The summed E-state index contributed by atoms with van der Waals surface area (Å²) in [7, 11) is 1.76. The maximum Gasteiger partial charge on any atom is 0.284 e. The molecule has 1 aliphatic carbocycles. The molecule has 148 valence electrons. The monoisotopic (exact) mass is 409 g/mol. The van der Waals surface area contributed by atoms with Gasteiger partial charge in [-0.3, -0.25) is 14.9 Å². The topological polar surface area (TPSA) is 103 Å². The molecule has 9 heteroatoms. The second kappa shape index (κ2) is 8.04. The van der Waals surface area contributed by atoms with Crippen molar-refractivity contribution >= 4 is 23.4 Å². The van der Waals surface area contributed by atoms with Crippen molar-refractivity contribution in [3.8, 4) is 0 Å². The van der Waals surface area contributed by atoms with Gasteiger partial charge in [0.05, 0.1) is 15.9 Å². The third-order valence-electron chi connectivity index (χ3n) is 4.96. The Kier molecular flexibility index (Phi) is 5.30. The number of nitrogens with one attached hydrogen (secondary N) is 1. The Bertz CT molecular complexity index is 1080. The summed E-state index contributed by atoms with van der Waals surface area (Å²) in [6.07, 6.45) is 4.38. The highest BCUT2D eigenvalue weighted by Crippen LogP contribution is 2.35. The summed E-state index contributed by atoms with van der Waals surface area (Å²) in [5.41, 5.74) is 2.50. The molecule has 0 radical (unpaired) electrons. The molecule has 3 aromatic rings. The minimum atomic E-state index is -0.481. The molecule has 2 aromatic carbocycles. The van der Waals surface area contributed by atoms with E-state index in [1.54, 1.807) is 23.7 Å². The van der Waals surface area contributed by atoms with Gasteiger partial charge in [0.15, 0.2) is 5.16 Å². The molecule has 8 nitrogen and oxygen atoms in total. The third kappa shape index (κ3) is 4.00. The van der Waals surface area contributed by atoms with Crippen molar-refractivity contribution in [3.63, 3.8) is 0 Å². The van der Waals surface area contributed by atoms with Crippen molar-refractivity contribution < 1.29 is 9.72 Å². The average Bonchev–Trinajstić information content (AvgIpc) is 3.13. The zero-order valence-corrected chi connectivity index (χ0v) is 16.6. The van der Waals surface area contributed by atoms with E-state index >= 15 is 0 Å². The summed E-state index contributed by atoms with van der Waals surface area (Å²) in [4.78, 5) is 24.3. The van der Waals surface area contributed by atoms with E-state index in [1.165, 1.54) is 18.0 Å². The van der Waals surface area contributed by atoms with Gasteiger partial charge in [0.1, 0.15) is 6.33 Å². The Morgan fingerprint density at radius 2 is 2.14 bits per heavy atom. The predicted octanol–water partition coefficient (Wildman–Crippen LogP) is 3.68. The molecule has 0 bridgehead atoms. The maximum absolute atomic E-state index is 12.8. The molecule has 0 saturated carbocycles. The molecule has 1 heterocycles. The molecule has 0 aliphatic heterocycles. The van der Waals surface area contributed by atoms with Crippen molar-refractivity contribution in [3.05, 3.63) is 75.6 Å². The molecule has 1 N–H and O–H groups in total. The summed E-state index contributed by atoms with van der Waals surface area (Å²) in [6.45, 7) is 0. The van der Waals surface area contributed by atoms with Crippen LogP contribution in [0, 0.1) is 10.1 Å². The van der Waals surface area contributed by atoms with Gasteiger partial charge in [0.25, 0.3) is 11.6 Å². The quantitative estimate of drug-likeness (QED) is 0.509. The lowest BCUT2D eigenvalue weighted by atomic mass is 9.87. The average molecular weight is 409 g/mol. The predicted molar refractivity (Wildman–Crippen MR) is 108 cm³/mol. The zero-order valence-electron chi connectivity index (χ0n) is 15.7. The number of fused-ring (bicyclic) bond motifs is 1. The van der Waals surface area contributed by atoms with Crippen molar-refractivity contribution in [1.29, 1.82) is 0 Å². The van der Waals surface area contributed by atoms with E-state index in [-0.39, 0.29) is 23.2 Å². The Hall–Kier alpha value is -3.20. The first kappa shape index (κ1) is 19.1. The molecule has 1 atom stereocenters. The summed E-state index contributed by atoms with van der Waals surface area (Å²) in [5, 5.41) is 22.9. The SMILES string of the molecule is Cn1cnnc1Sc1ccc(C(=O)N[C@H]2CCCc3ccccc32)cc1[N+](=O)[O-]. The van der Waals surface area contributed by atoms with Crippen molar-refractivity contribution in [1.82, 2.24) is 20.1 Å². The molecular weight excluding hydrogens is 390 g/mol. The van der Waals surface area contributed by atoms with Crippen LogP contribution in [0.5, 0.6) is 0 Å². The van der Waals surface area contributed by atoms with Crippen LogP contribution in [-0.2, 0) is 13.5 Å². The van der Waals surface area contributed by atoms with E-state index < -0.39 is 4.92 Å². The second-order valence-electron chi connectivity index (χ2n) is 6.88. The van der Waals surface area contributed by atoms with Crippen LogP contribution in [0.15, 0.2) is 58.8 Å². The highest BCUT2D eigenvalue weighted by Gasteiger charge is 2.24. The molecule has 0 fully saturated rings. The van der Waals surface area contributed by atoms with Crippen LogP contribution < -0.4 is 5.32 Å². The van der Waals surface area contributed by atoms with Gasteiger partial charge in [-0.25, -0.2) is 0 Å². The molecule has 1 amide bonds. The zero-order chi connectivity index (χ0) is 20.4. The number of aromatic nitrogens is 3. The Balaban J connectivity index is 1.57. The number of amides is 1. The van der Waals surface area contributed by atoms with E-state index in [9.17, 15) is 14.9 Å². The lowest BCUT2D eigenvalue weighted by Gasteiger charge is -2.26. The first-order valence-corrected chi connectivity index (χ1v) is 10.0. The highest BCUT2D eigenvalue weighted by molar-refractivity contribution is 7.99. The van der Waals surface area contributed by atoms with Crippen molar-refractivity contribution in [2.45, 2.75) is 35.4 Å². The van der Waals surface area contributed by atoms with Gasteiger partial charge in [-0.15, -0.1) is 10.2 Å². The van der Waals surface area contributed by atoms with Crippen molar-refractivity contribution in [2.75, 3.05) is 0 Å². The van der Waals surface area contributed by atoms with E-state index in [0.717, 1.165) is 36.6 Å². The molecule has 1 aliphatic rings. The molecule has 0 saturated heterocycles. The lowest BCUT2D eigenvalue weighted by molar-refractivity contribution is -0.387. The van der Waals surface area contributed by atoms with E-state index in [4.69, 9.17) is 0 Å². The van der Waals surface area contributed by atoms with E-state index in [2.05, 4.69) is 21.6 Å². The summed E-state index contributed by atoms with van der Waals surface area (Å²) in [6, 6.07) is 12.5. The Labute approximate surface area is 171 Å². The molecule has 4 rings (SSSR count). The summed E-state index contributed by atoms with van der Waals surface area (Å²) < 4.78 is 1.68. The molecule has 0 unspecified atom stereocenters. The number of carbonyl (C=O) groups is 1. The highest BCUT2D eigenvalue weighted by atomic mass is 32.2. The summed E-state index contributed by atoms with van der Waals surface area (Å²) in [5.74, 6) is -0.315. The smallest absolute Gasteiger partial charge is 0.284 e. The number of aryl methyl sites for hydroxylation is 2. The second-order valence-corrected chi connectivity index (χ2v) is 7.89. The number of rotatable bonds is 5. The Morgan fingerprint density at radius 1 is 1.31 bits per heavy atom. The number of nitrogens with zero attached hydrogens (tertiary/aromatic N) is 4. The number of carbonyl (C=O) groups excluding carboxylic acids is 1. The van der Waals surface area contributed by atoms with Gasteiger partial charge < -0.3 is 9.88 Å². The van der Waals surface area contributed by atoms with Crippen LogP contribution in [0.3, 0.4) is 0 Å². The maximum atomic E-state index is 12.8. The lowest BCUT2D eigenvalue weighted by Crippen LogP contribution is -2.31. The minimum absolute atomic E-state index is 0.0841. The molecular formula is C20H19N5O3S. The number of nitro groups is 1. The van der Waals surface area contributed by atoms with Crippen LogP contribution in [0.2, 0.25) is 0 Å². The minimum Gasteiger partial charge on any atom is -0.345 e. The van der Waals surface area contributed by atoms with Crippen LogP contribution in [-0.4, -0.2) is 25.6 Å². The third-order valence-corrected chi connectivity index (χ3v) is 6.08. The van der Waals surface area contributed by atoms with Crippen LogP contribution in [0.4, 0.5) is 5.69 Å². The summed E-state index contributed by atoms with van der Waals surface area (Å²) >= 11 is 1.14. The van der Waals surface area contributed by atoms with Gasteiger partial charge in [0, 0.05) is 18.7 Å². The van der Waals surface area contributed by atoms with Crippen molar-refractivity contribution in [2.24, 2.45) is 7.05 Å². The number of hydrogen-bond donors (Lipinski definition) is 1. The van der Waals surface area contributed by atoms with Crippen LogP contribution in [0.25, 0.3) is 0 Å². The van der Waals surface area contributed by atoms with Crippen LogP contribution in [0.1, 0.15) is 40.4 Å². The Morgan fingerprint density at radius 3 is 2.90 bits per heavy atom. The van der Waals surface area contributed by atoms with Gasteiger partial charge in [0.2, 0.25) is 0 Å². The fourth-order valence-electron chi connectivity index (χ4n) is 3.50. The van der Waals surface area contributed by atoms with E-state index in [1.807, 2.05) is 18.2 Å². The molecule has 0 spiro atoms. The fraction of sp³-hybridized carbons (Fsp3) is 0.250. The van der Waals surface area contributed by atoms with E-state index in [0.29, 0.717) is 10.1 Å². The van der Waals surface area contributed by atoms with Gasteiger partial charge in [-0.1, -0.05) is 24.3 Å². The number of benzene rings is 2. The first-order chi connectivity index (χ1) is 14.0. The number of nitro benzene ring substituents is 1.